The number of pyridine rings is 1. The Hall–Kier alpha value is -2.64. The van der Waals surface area contributed by atoms with Crippen molar-refractivity contribution in [1.82, 2.24) is 19.7 Å². The number of nitrogens with zero attached hydrogens (tertiary/aromatic N) is 4. The molecular weight excluding hydrogens is 348 g/mol. The van der Waals surface area contributed by atoms with Crippen LogP contribution in [-0.4, -0.2) is 76.4 Å². The Bertz CT molecular complexity index is 745. The lowest BCUT2D eigenvalue weighted by Crippen LogP contribution is -2.50. The molecule has 3 saturated heterocycles. The molecule has 4 rings (SSSR count). The molecule has 0 radical (unpaired) electrons. The molecule has 3 amide bonds. The zero-order valence-corrected chi connectivity index (χ0v) is 15.5. The van der Waals surface area contributed by atoms with Crippen molar-refractivity contribution < 1.29 is 19.1 Å². The second kappa shape index (κ2) is 6.83. The van der Waals surface area contributed by atoms with Crippen molar-refractivity contribution in [3.63, 3.8) is 0 Å². The molecule has 4 heterocycles. The Labute approximate surface area is 158 Å². The fourth-order valence-corrected chi connectivity index (χ4v) is 4.25. The molecule has 0 bridgehead atoms. The Balaban J connectivity index is 1.33. The van der Waals surface area contributed by atoms with Crippen LogP contribution in [-0.2, 0) is 20.9 Å². The van der Waals surface area contributed by atoms with Crippen LogP contribution in [0, 0.1) is 5.92 Å². The van der Waals surface area contributed by atoms with Crippen LogP contribution in [0.15, 0.2) is 24.5 Å². The molecule has 1 unspecified atom stereocenters. The number of carbonyl (C=O) groups excluding carboxylic acids is 3. The number of amides is 3. The van der Waals surface area contributed by atoms with Crippen molar-refractivity contribution in [3.05, 3.63) is 30.1 Å². The lowest BCUT2D eigenvalue weighted by Gasteiger charge is -2.38. The first kappa shape index (κ1) is 17.8. The number of hydrogen-bond donors (Lipinski definition) is 0. The Morgan fingerprint density at radius 2 is 2.11 bits per heavy atom. The summed E-state index contributed by atoms with van der Waals surface area (Å²) in [7, 11) is 1.73. The first-order valence-electron chi connectivity index (χ1n) is 9.35. The topological polar surface area (TPSA) is 83.1 Å². The number of ether oxygens (including phenoxy) is 1. The van der Waals surface area contributed by atoms with Crippen molar-refractivity contribution in [1.29, 1.82) is 0 Å². The van der Waals surface area contributed by atoms with E-state index in [1.165, 1.54) is 0 Å². The van der Waals surface area contributed by atoms with E-state index in [1.54, 1.807) is 29.2 Å². The van der Waals surface area contributed by atoms with E-state index in [9.17, 15) is 14.4 Å². The molecule has 27 heavy (non-hydrogen) atoms. The number of likely N-dealkylation sites (N-methyl/N-ethyl adjacent to an activating group) is 1. The zero-order valence-electron chi connectivity index (χ0n) is 15.5. The maximum absolute atomic E-state index is 12.9. The van der Waals surface area contributed by atoms with Crippen LogP contribution in [0.4, 0.5) is 4.79 Å². The van der Waals surface area contributed by atoms with Gasteiger partial charge in [0.05, 0.1) is 12.5 Å². The predicted octanol–water partition coefficient (Wildman–Crippen LogP) is 0.873. The van der Waals surface area contributed by atoms with Crippen LogP contribution in [0.5, 0.6) is 0 Å². The SMILES string of the molecule is CN1CC2(CCN(C(=O)C3CC(=O)N(Cc4cccnc4)C3)CC2)OC1=O. The molecule has 3 fully saturated rings. The van der Waals surface area contributed by atoms with Gasteiger partial charge in [-0.05, 0) is 11.6 Å². The van der Waals surface area contributed by atoms with E-state index in [2.05, 4.69) is 4.98 Å². The highest BCUT2D eigenvalue weighted by Crippen LogP contribution is 2.33. The molecule has 1 atom stereocenters. The van der Waals surface area contributed by atoms with Crippen LogP contribution in [0.1, 0.15) is 24.8 Å². The molecule has 1 spiro atoms. The number of hydrogen-bond acceptors (Lipinski definition) is 5. The van der Waals surface area contributed by atoms with Crippen molar-refractivity contribution in [2.75, 3.05) is 33.2 Å². The van der Waals surface area contributed by atoms with Gasteiger partial charge in [-0.3, -0.25) is 14.6 Å². The second-order valence-electron chi connectivity index (χ2n) is 7.77. The van der Waals surface area contributed by atoms with Gasteiger partial charge in [0.2, 0.25) is 11.8 Å². The number of rotatable bonds is 3. The minimum atomic E-state index is -0.458. The lowest BCUT2D eigenvalue weighted by atomic mass is 9.90. The van der Waals surface area contributed by atoms with Crippen LogP contribution in [0.25, 0.3) is 0 Å². The zero-order chi connectivity index (χ0) is 19.0. The maximum Gasteiger partial charge on any atom is 0.410 e. The normalized spacial score (nSPS) is 24.6. The average molecular weight is 372 g/mol. The van der Waals surface area contributed by atoms with Gasteiger partial charge in [0.15, 0.2) is 0 Å². The molecule has 0 N–H and O–H groups in total. The molecule has 8 nitrogen and oxygen atoms in total. The van der Waals surface area contributed by atoms with Crippen molar-refractivity contribution in [2.45, 2.75) is 31.4 Å². The van der Waals surface area contributed by atoms with E-state index in [0.29, 0.717) is 45.6 Å². The van der Waals surface area contributed by atoms with Crippen molar-refractivity contribution in [2.24, 2.45) is 5.92 Å². The number of piperidine rings is 1. The summed E-state index contributed by atoms with van der Waals surface area (Å²) >= 11 is 0. The monoisotopic (exact) mass is 372 g/mol. The molecular formula is C19H24N4O4. The summed E-state index contributed by atoms with van der Waals surface area (Å²) in [5.74, 6) is -0.251. The molecule has 8 heteroatoms. The Kier molecular flexibility index (Phi) is 4.49. The molecule has 0 aliphatic carbocycles. The van der Waals surface area contributed by atoms with E-state index >= 15 is 0 Å². The molecule has 0 aromatic carbocycles. The average Bonchev–Trinajstić information content (AvgIpc) is 3.15. The Morgan fingerprint density at radius 1 is 1.33 bits per heavy atom. The molecule has 3 aliphatic rings. The summed E-state index contributed by atoms with van der Waals surface area (Å²) in [6, 6.07) is 3.77. The van der Waals surface area contributed by atoms with Crippen LogP contribution in [0.2, 0.25) is 0 Å². The summed E-state index contributed by atoms with van der Waals surface area (Å²) in [4.78, 5) is 46.1. The summed E-state index contributed by atoms with van der Waals surface area (Å²) in [5, 5.41) is 0. The number of likely N-dealkylation sites (tertiary alicyclic amines) is 2. The lowest BCUT2D eigenvalue weighted by molar-refractivity contribution is -0.139. The van der Waals surface area contributed by atoms with E-state index in [4.69, 9.17) is 4.74 Å². The van der Waals surface area contributed by atoms with Crippen molar-refractivity contribution >= 4 is 17.9 Å². The maximum atomic E-state index is 12.9. The van der Waals surface area contributed by atoms with Crippen LogP contribution in [0.3, 0.4) is 0 Å². The van der Waals surface area contributed by atoms with E-state index in [1.807, 2.05) is 17.0 Å². The quantitative estimate of drug-likeness (QED) is 0.786. The van der Waals surface area contributed by atoms with Gasteiger partial charge < -0.3 is 19.4 Å². The second-order valence-corrected chi connectivity index (χ2v) is 7.77. The predicted molar refractivity (Wildman–Crippen MR) is 95.4 cm³/mol. The van der Waals surface area contributed by atoms with E-state index < -0.39 is 5.60 Å². The van der Waals surface area contributed by atoms with Crippen LogP contribution >= 0.6 is 0 Å². The molecule has 0 saturated carbocycles. The fraction of sp³-hybridized carbons (Fsp3) is 0.579. The first-order chi connectivity index (χ1) is 13.0. The standard InChI is InChI=1S/C19H24N4O4/c1-21-13-19(27-18(21)26)4-7-22(8-5-19)17(25)15-9-16(24)23(12-15)11-14-3-2-6-20-10-14/h2-3,6,10,15H,4-5,7-9,11-13H2,1H3. The van der Waals surface area contributed by atoms with Gasteiger partial charge in [-0.1, -0.05) is 6.07 Å². The fourth-order valence-electron chi connectivity index (χ4n) is 4.25. The highest BCUT2D eigenvalue weighted by molar-refractivity contribution is 5.89. The van der Waals surface area contributed by atoms with Gasteiger partial charge in [0.25, 0.3) is 0 Å². The summed E-state index contributed by atoms with van der Waals surface area (Å²) < 4.78 is 5.54. The highest BCUT2D eigenvalue weighted by atomic mass is 16.6. The molecule has 1 aromatic heterocycles. The van der Waals surface area contributed by atoms with E-state index in [-0.39, 0.29) is 30.2 Å². The molecule has 1 aromatic rings. The Morgan fingerprint density at radius 3 is 2.74 bits per heavy atom. The van der Waals surface area contributed by atoms with Gasteiger partial charge in [-0.2, -0.15) is 0 Å². The summed E-state index contributed by atoms with van der Waals surface area (Å²) in [5.41, 5.74) is 0.506. The first-order valence-corrected chi connectivity index (χ1v) is 9.35. The largest absolute Gasteiger partial charge is 0.441 e. The molecule has 144 valence electrons. The number of aromatic nitrogens is 1. The van der Waals surface area contributed by atoms with Gasteiger partial charge in [-0.15, -0.1) is 0 Å². The van der Waals surface area contributed by atoms with Crippen molar-refractivity contribution in [3.8, 4) is 0 Å². The highest BCUT2D eigenvalue weighted by Gasteiger charge is 2.47. The van der Waals surface area contributed by atoms with Gasteiger partial charge >= 0.3 is 6.09 Å². The van der Waals surface area contributed by atoms with Gasteiger partial charge in [0, 0.05) is 64.9 Å². The van der Waals surface area contributed by atoms with Crippen LogP contribution < -0.4 is 0 Å². The number of carbonyl (C=O) groups is 3. The third kappa shape index (κ3) is 3.48. The van der Waals surface area contributed by atoms with Gasteiger partial charge in [0.1, 0.15) is 5.60 Å². The minimum absolute atomic E-state index is 0.0111. The summed E-state index contributed by atoms with van der Waals surface area (Å²) in [6.45, 7) is 2.64. The summed E-state index contributed by atoms with van der Waals surface area (Å²) in [6.07, 6.45) is 4.71. The van der Waals surface area contributed by atoms with Gasteiger partial charge in [-0.25, -0.2) is 4.79 Å². The third-order valence-corrected chi connectivity index (χ3v) is 5.79. The molecule has 3 aliphatic heterocycles. The van der Waals surface area contributed by atoms with E-state index in [0.717, 1.165) is 5.56 Å². The smallest absolute Gasteiger partial charge is 0.410 e. The minimum Gasteiger partial charge on any atom is -0.441 e. The third-order valence-electron chi connectivity index (χ3n) is 5.79.